The number of halogens is 2. The van der Waals surface area contributed by atoms with Crippen LogP contribution in [0.1, 0.15) is 10.4 Å². The minimum Gasteiger partial charge on any atom is -0.343 e. The monoisotopic (exact) mass is 299 g/mol. The van der Waals surface area contributed by atoms with Gasteiger partial charge in [0.1, 0.15) is 5.82 Å². The second-order valence-electron chi connectivity index (χ2n) is 4.44. The Kier molecular flexibility index (Phi) is 4.92. The number of hydrogen-bond donors (Lipinski definition) is 2. The fourth-order valence-corrected chi connectivity index (χ4v) is 2.20. The lowest BCUT2D eigenvalue weighted by molar-refractivity contribution is -0.130. The molecule has 1 aromatic carbocycles. The Morgan fingerprint density at radius 2 is 2.05 bits per heavy atom. The third-order valence-corrected chi connectivity index (χ3v) is 3.36. The van der Waals surface area contributed by atoms with Crippen molar-refractivity contribution in [2.45, 2.75) is 0 Å². The van der Waals surface area contributed by atoms with Gasteiger partial charge in [-0.15, -0.1) is 0 Å². The number of rotatable bonds is 3. The van der Waals surface area contributed by atoms with Crippen molar-refractivity contribution in [2.24, 2.45) is 0 Å². The number of carbonyl (C=O) groups excluding carboxylic acids is 2. The largest absolute Gasteiger partial charge is 0.343 e. The first-order valence-electron chi connectivity index (χ1n) is 6.29. The zero-order valence-electron chi connectivity index (χ0n) is 10.8. The highest BCUT2D eigenvalue weighted by atomic mass is 35.5. The maximum Gasteiger partial charge on any atom is 0.253 e. The SMILES string of the molecule is O=C(NCC(=O)N1CCNCC1)c1ccc(F)cc1Cl. The average Bonchev–Trinajstić information content (AvgIpc) is 2.45. The summed E-state index contributed by atoms with van der Waals surface area (Å²) in [5, 5.41) is 5.66. The third-order valence-electron chi connectivity index (χ3n) is 3.05. The molecule has 0 spiro atoms. The summed E-state index contributed by atoms with van der Waals surface area (Å²) in [6.45, 7) is 2.68. The van der Waals surface area contributed by atoms with Crippen LogP contribution in [0, 0.1) is 5.82 Å². The van der Waals surface area contributed by atoms with Crippen molar-refractivity contribution in [1.29, 1.82) is 0 Å². The van der Waals surface area contributed by atoms with E-state index in [4.69, 9.17) is 11.6 Å². The van der Waals surface area contributed by atoms with Gasteiger partial charge in [0.2, 0.25) is 5.91 Å². The molecule has 0 unspecified atom stereocenters. The van der Waals surface area contributed by atoms with E-state index in [-0.39, 0.29) is 23.0 Å². The second-order valence-corrected chi connectivity index (χ2v) is 4.84. The third kappa shape index (κ3) is 3.68. The Morgan fingerprint density at radius 3 is 2.70 bits per heavy atom. The van der Waals surface area contributed by atoms with E-state index >= 15 is 0 Å². The molecule has 1 aliphatic rings. The number of carbonyl (C=O) groups is 2. The molecule has 1 aliphatic heterocycles. The van der Waals surface area contributed by atoms with E-state index in [0.717, 1.165) is 25.2 Å². The zero-order chi connectivity index (χ0) is 14.5. The summed E-state index contributed by atoms with van der Waals surface area (Å²) < 4.78 is 12.9. The minimum absolute atomic E-state index is 0.0251. The summed E-state index contributed by atoms with van der Waals surface area (Å²) in [6, 6.07) is 3.51. The molecule has 1 saturated heterocycles. The molecule has 7 heteroatoms. The van der Waals surface area contributed by atoms with Crippen molar-refractivity contribution in [3.05, 3.63) is 34.6 Å². The van der Waals surface area contributed by atoms with Crippen LogP contribution in [0.3, 0.4) is 0 Å². The van der Waals surface area contributed by atoms with Crippen LogP contribution in [0.4, 0.5) is 4.39 Å². The van der Waals surface area contributed by atoms with E-state index in [1.165, 1.54) is 6.07 Å². The summed E-state index contributed by atoms with van der Waals surface area (Å²) in [5.74, 6) is -1.14. The van der Waals surface area contributed by atoms with E-state index in [9.17, 15) is 14.0 Å². The molecule has 0 aromatic heterocycles. The molecule has 0 aliphatic carbocycles. The number of nitrogens with zero attached hydrogens (tertiary/aromatic N) is 1. The lowest BCUT2D eigenvalue weighted by Crippen LogP contribution is -2.49. The molecule has 0 radical (unpaired) electrons. The van der Waals surface area contributed by atoms with Gasteiger partial charge in [-0.25, -0.2) is 4.39 Å². The number of amides is 2. The molecule has 5 nitrogen and oxygen atoms in total. The normalized spacial score (nSPS) is 15.0. The van der Waals surface area contributed by atoms with Crippen LogP contribution >= 0.6 is 11.6 Å². The maximum atomic E-state index is 12.9. The molecular weight excluding hydrogens is 285 g/mol. The molecule has 108 valence electrons. The highest BCUT2D eigenvalue weighted by molar-refractivity contribution is 6.33. The predicted octanol–water partition coefficient (Wildman–Crippen LogP) is 0.641. The first-order chi connectivity index (χ1) is 9.58. The van der Waals surface area contributed by atoms with Crippen LogP contribution in [0.2, 0.25) is 5.02 Å². The predicted molar refractivity (Wildman–Crippen MR) is 73.2 cm³/mol. The molecule has 2 amide bonds. The Balaban J connectivity index is 1.89. The Morgan fingerprint density at radius 1 is 1.35 bits per heavy atom. The van der Waals surface area contributed by atoms with Crippen LogP contribution < -0.4 is 10.6 Å². The zero-order valence-corrected chi connectivity index (χ0v) is 11.5. The van der Waals surface area contributed by atoms with Gasteiger partial charge in [-0.1, -0.05) is 11.6 Å². The molecule has 0 saturated carbocycles. The molecule has 1 heterocycles. The van der Waals surface area contributed by atoms with Gasteiger partial charge < -0.3 is 15.5 Å². The van der Waals surface area contributed by atoms with Gasteiger partial charge in [-0.05, 0) is 18.2 Å². The molecule has 20 heavy (non-hydrogen) atoms. The van der Waals surface area contributed by atoms with Gasteiger partial charge in [0, 0.05) is 26.2 Å². The van der Waals surface area contributed by atoms with Crippen LogP contribution in [-0.4, -0.2) is 49.4 Å². The highest BCUT2D eigenvalue weighted by Crippen LogP contribution is 2.16. The topological polar surface area (TPSA) is 61.4 Å². The van der Waals surface area contributed by atoms with Crippen molar-refractivity contribution in [1.82, 2.24) is 15.5 Å². The van der Waals surface area contributed by atoms with Gasteiger partial charge in [0.05, 0.1) is 17.1 Å². The molecule has 1 aromatic rings. The first-order valence-corrected chi connectivity index (χ1v) is 6.67. The van der Waals surface area contributed by atoms with Gasteiger partial charge in [0.25, 0.3) is 5.91 Å². The summed E-state index contributed by atoms with van der Waals surface area (Å²) in [4.78, 5) is 25.4. The Labute approximate surface area is 121 Å². The maximum absolute atomic E-state index is 12.9. The van der Waals surface area contributed by atoms with E-state index in [2.05, 4.69) is 10.6 Å². The molecule has 2 rings (SSSR count). The smallest absolute Gasteiger partial charge is 0.253 e. The number of nitrogens with one attached hydrogen (secondary N) is 2. The van der Waals surface area contributed by atoms with Crippen molar-refractivity contribution < 1.29 is 14.0 Å². The molecule has 2 N–H and O–H groups in total. The Hall–Kier alpha value is -1.66. The lowest BCUT2D eigenvalue weighted by Gasteiger charge is -2.27. The molecule has 0 bridgehead atoms. The quantitative estimate of drug-likeness (QED) is 0.861. The van der Waals surface area contributed by atoms with Crippen LogP contribution in [0.25, 0.3) is 0 Å². The first kappa shape index (κ1) is 14.7. The second kappa shape index (κ2) is 6.67. The Bertz CT molecular complexity index is 518. The summed E-state index contributed by atoms with van der Waals surface area (Å²) >= 11 is 5.78. The summed E-state index contributed by atoms with van der Waals surface area (Å²) in [7, 11) is 0. The van der Waals surface area contributed by atoms with E-state index in [0.29, 0.717) is 13.1 Å². The van der Waals surface area contributed by atoms with Crippen molar-refractivity contribution in [3.63, 3.8) is 0 Å². The van der Waals surface area contributed by atoms with Crippen molar-refractivity contribution >= 4 is 23.4 Å². The van der Waals surface area contributed by atoms with Crippen LogP contribution in [-0.2, 0) is 4.79 Å². The lowest BCUT2D eigenvalue weighted by atomic mass is 10.2. The number of benzene rings is 1. The van der Waals surface area contributed by atoms with Gasteiger partial charge in [0.15, 0.2) is 0 Å². The van der Waals surface area contributed by atoms with E-state index in [1.807, 2.05) is 0 Å². The average molecular weight is 300 g/mol. The van der Waals surface area contributed by atoms with Gasteiger partial charge in [-0.3, -0.25) is 9.59 Å². The van der Waals surface area contributed by atoms with Crippen molar-refractivity contribution in [2.75, 3.05) is 32.7 Å². The fraction of sp³-hybridized carbons (Fsp3) is 0.385. The minimum atomic E-state index is -0.511. The molecular formula is C13H15ClFN3O2. The summed E-state index contributed by atoms with van der Waals surface area (Å²) in [6.07, 6.45) is 0. The molecule has 0 atom stereocenters. The number of piperazine rings is 1. The van der Waals surface area contributed by atoms with E-state index in [1.54, 1.807) is 4.90 Å². The highest BCUT2D eigenvalue weighted by Gasteiger charge is 2.18. The van der Waals surface area contributed by atoms with Crippen LogP contribution in [0.5, 0.6) is 0 Å². The van der Waals surface area contributed by atoms with E-state index < -0.39 is 11.7 Å². The molecule has 1 fully saturated rings. The summed E-state index contributed by atoms with van der Waals surface area (Å²) in [5.41, 5.74) is 0.154. The van der Waals surface area contributed by atoms with Crippen LogP contribution in [0.15, 0.2) is 18.2 Å². The standard InChI is InChI=1S/C13H15ClFN3O2/c14-11-7-9(15)1-2-10(11)13(20)17-8-12(19)18-5-3-16-4-6-18/h1-2,7,16H,3-6,8H2,(H,17,20). The van der Waals surface area contributed by atoms with Gasteiger partial charge in [-0.2, -0.15) is 0 Å². The fourth-order valence-electron chi connectivity index (χ4n) is 1.95. The van der Waals surface area contributed by atoms with Crippen molar-refractivity contribution in [3.8, 4) is 0 Å². The number of hydrogen-bond acceptors (Lipinski definition) is 3. The van der Waals surface area contributed by atoms with Gasteiger partial charge >= 0.3 is 0 Å².